The maximum atomic E-state index is 13.4. The number of nitrogens with one attached hydrogen (secondary N) is 2. The Hall–Kier alpha value is -2.50. The standard InChI is InChI=1S/C14H12FN5/c15-9-3-1-8-2-4-12(10(8)5-9)19-13-11-6-18-20-14(11)17-7-16-13/h1,3,5-7,12H,2,4H2,(H2,16,17,18,19,20). The Balaban J connectivity index is 1.71. The smallest absolute Gasteiger partial charge is 0.160 e. The van der Waals surface area contributed by atoms with Gasteiger partial charge in [-0.3, -0.25) is 5.10 Å². The first-order chi connectivity index (χ1) is 9.81. The van der Waals surface area contributed by atoms with Gasteiger partial charge in [0.15, 0.2) is 5.65 Å². The van der Waals surface area contributed by atoms with Gasteiger partial charge < -0.3 is 5.32 Å². The van der Waals surface area contributed by atoms with Gasteiger partial charge >= 0.3 is 0 Å². The molecule has 1 aliphatic rings. The molecule has 6 heteroatoms. The van der Waals surface area contributed by atoms with Crippen molar-refractivity contribution in [1.82, 2.24) is 20.2 Å². The lowest BCUT2D eigenvalue weighted by Gasteiger charge is -2.15. The summed E-state index contributed by atoms with van der Waals surface area (Å²) in [6.07, 6.45) is 5.07. The lowest BCUT2D eigenvalue weighted by atomic mass is 10.1. The van der Waals surface area contributed by atoms with Crippen LogP contribution in [0.5, 0.6) is 0 Å². The summed E-state index contributed by atoms with van der Waals surface area (Å²) in [4.78, 5) is 8.37. The van der Waals surface area contributed by atoms with Gasteiger partial charge in [0.25, 0.3) is 0 Å². The fourth-order valence-electron chi connectivity index (χ4n) is 2.77. The van der Waals surface area contributed by atoms with Crippen molar-refractivity contribution in [1.29, 1.82) is 0 Å². The van der Waals surface area contributed by atoms with Crippen molar-refractivity contribution in [3.8, 4) is 0 Å². The van der Waals surface area contributed by atoms with Gasteiger partial charge in [0.05, 0.1) is 17.6 Å². The molecule has 1 atom stereocenters. The van der Waals surface area contributed by atoms with Crippen LogP contribution in [0, 0.1) is 5.82 Å². The quantitative estimate of drug-likeness (QED) is 0.750. The number of rotatable bonds is 2. The molecule has 0 saturated carbocycles. The Kier molecular flexibility index (Phi) is 2.42. The average molecular weight is 269 g/mol. The Labute approximate surface area is 114 Å². The highest BCUT2D eigenvalue weighted by Gasteiger charge is 2.23. The number of hydrogen-bond acceptors (Lipinski definition) is 4. The van der Waals surface area contributed by atoms with E-state index >= 15 is 0 Å². The third-order valence-electron chi connectivity index (χ3n) is 3.74. The van der Waals surface area contributed by atoms with E-state index in [1.54, 1.807) is 12.3 Å². The molecule has 1 aromatic carbocycles. The molecule has 20 heavy (non-hydrogen) atoms. The van der Waals surface area contributed by atoms with Gasteiger partial charge in [0, 0.05) is 0 Å². The van der Waals surface area contributed by atoms with Crippen LogP contribution >= 0.6 is 0 Å². The fourth-order valence-corrected chi connectivity index (χ4v) is 2.77. The van der Waals surface area contributed by atoms with Crippen LogP contribution in [0.4, 0.5) is 10.2 Å². The number of nitrogens with zero attached hydrogens (tertiary/aromatic N) is 3. The SMILES string of the molecule is Fc1ccc2c(c1)C(Nc1ncnc3[nH]ncc13)CC2. The average Bonchev–Trinajstić information content (AvgIpc) is 3.06. The molecule has 3 aromatic rings. The number of fused-ring (bicyclic) bond motifs is 2. The number of hydrogen-bond donors (Lipinski definition) is 2. The van der Waals surface area contributed by atoms with E-state index in [4.69, 9.17) is 0 Å². The predicted octanol–water partition coefficient (Wildman–Crippen LogP) is 2.59. The molecule has 0 spiro atoms. The second-order valence-electron chi connectivity index (χ2n) is 4.93. The second kappa shape index (κ2) is 4.26. The topological polar surface area (TPSA) is 66.5 Å². The summed E-state index contributed by atoms with van der Waals surface area (Å²) in [6.45, 7) is 0. The lowest BCUT2D eigenvalue weighted by molar-refractivity contribution is 0.624. The molecule has 1 aliphatic carbocycles. The van der Waals surface area contributed by atoms with E-state index in [9.17, 15) is 4.39 Å². The van der Waals surface area contributed by atoms with E-state index in [2.05, 4.69) is 25.5 Å². The van der Waals surface area contributed by atoms with Crippen molar-refractivity contribution in [3.05, 3.63) is 47.7 Å². The number of halogens is 1. The van der Waals surface area contributed by atoms with E-state index in [0.29, 0.717) is 5.65 Å². The number of anilines is 1. The summed E-state index contributed by atoms with van der Waals surface area (Å²) in [5.41, 5.74) is 2.90. The van der Waals surface area contributed by atoms with Gasteiger partial charge in [0.2, 0.25) is 0 Å². The molecular weight excluding hydrogens is 257 g/mol. The van der Waals surface area contributed by atoms with E-state index in [0.717, 1.165) is 29.6 Å². The Morgan fingerprint density at radius 2 is 2.25 bits per heavy atom. The molecule has 0 bridgehead atoms. The van der Waals surface area contributed by atoms with Crippen LogP contribution in [0.15, 0.2) is 30.7 Å². The zero-order chi connectivity index (χ0) is 13.5. The molecule has 0 aliphatic heterocycles. The fraction of sp³-hybridized carbons (Fsp3) is 0.214. The molecule has 0 saturated heterocycles. The highest BCUT2D eigenvalue weighted by Crippen LogP contribution is 2.34. The summed E-state index contributed by atoms with van der Waals surface area (Å²) in [5.74, 6) is 0.527. The summed E-state index contributed by atoms with van der Waals surface area (Å²) in [6, 6.07) is 5.06. The molecule has 100 valence electrons. The molecule has 5 nitrogen and oxygen atoms in total. The minimum atomic E-state index is -0.200. The van der Waals surface area contributed by atoms with E-state index in [1.807, 2.05) is 6.07 Å². The normalized spacial score (nSPS) is 17.4. The summed E-state index contributed by atoms with van der Waals surface area (Å²) < 4.78 is 13.4. The Morgan fingerprint density at radius 3 is 3.20 bits per heavy atom. The van der Waals surface area contributed by atoms with Crippen molar-refractivity contribution < 1.29 is 4.39 Å². The number of H-pyrrole nitrogens is 1. The van der Waals surface area contributed by atoms with Crippen LogP contribution in [-0.2, 0) is 6.42 Å². The van der Waals surface area contributed by atoms with Gasteiger partial charge in [-0.2, -0.15) is 5.10 Å². The third-order valence-corrected chi connectivity index (χ3v) is 3.74. The van der Waals surface area contributed by atoms with Crippen molar-refractivity contribution in [2.24, 2.45) is 0 Å². The molecule has 1 unspecified atom stereocenters. The van der Waals surface area contributed by atoms with Crippen LogP contribution in [-0.4, -0.2) is 20.2 Å². The minimum Gasteiger partial charge on any atom is -0.363 e. The van der Waals surface area contributed by atoms with Gasteiger partial charge in [-0.1, -0.05) is 6.07 Å². The van der Waals surface area contributed by atoms with Gasteiger partial charge in [-0.15, -0.1) is 0 Å². The molecule has 0 radical (unpaired) electrons. The predicted molar refractivity (Wildman–Crippen MR) is 72.8 cm³/mol. The maximum absolute atomic E-state index is 13.4. The van der Waals surface area contributed by atoms with E-state index in [1.165, 1.54) is 18.0 Å². The van der Waals surface area contributed by atoms with Crippen molar-refractivity contribution in [2.75, 3.05) is 5.32 Å². The number of aryl methyl sites for hydroxylation is 1. The molecule has 2 N–H and O–H groups in total. The molecule has 2 aromatic heterocycles. The first-order valence-electron chi connectivity index (χ1n) is 6.50. The van der Waals surface area contributed by atoms with Crippen LogP contribution in [0.2, 0.25) is 0 Å². The summed E-state index contributed by atoms with van der Waals surface area (Å²) in [7, 11) is 0. The first-order valence-corrected chi connectivity index (χ1v) is 6.50. The Morgan fingerprint density at radius 1 is 1.30 bits per heavy atom. The number of aromatic amines is 1. The number of aromatic nitrogens is 4. The van der Waals surface area contributed by atoms with Crippen molar-refractivity contribution >= 4 is 16.9 Å². The van der Waals surface area contributed by atoms with Crippen LogP contribution in [0.3, 0.4) is 0 Å². The number of benzene rings is 1. The van der Waals surface area contributed by atoms with Gasteiger partial charge in [-0.05, 0) is 36.1 Å². The summed E-state index contributed by atoms with van der Waals surface area (Å²) >= 11 is 0. The zero-order valence-electron chi connectivity index (χ0n) is 10.6. The van der Waals surface area contributed by atoms with E-state index in [-0.39, 0.29) is 11.9 Å². The highest BCUT2D eigenvalue weighted by molar-refractivity contribution is 5.85. The Bertz CT molecular complexity index is 782. The van der Waals surface area contributed by atoms with Crippen molar-refractivity contribution in [3.63, 3.8) is 0 Å². The van der Waals surface area contributed by atoms with Gasteiger partial charge in [0.1, 0.15) is 18.0 Å². The largest absolute Gasteiger partial charge is 0.363 e. The summed E-state index contributed by atoms with van der Waals surface area (Å²) in [5, 5.41) is 11.0. The monoisotopic (exact) mass is 269 g/mol. The van der Waals surface area contributed by atoms with Crippen LogP contribution in [0.1, 0.15) is 23.6 Å². The van der Waals surface area contributed by atoms with Crippen LogP contribution < -0.4 is 5.32 Å². The molecule has 2 heterocycles. The van der Waals surface area contributed by atoms with Crippen molar-refractivity contribution in [2.45, 2.75) is 18.9 Å². The molecule has 4 rings (SSSR count). The second-order valence-corrected chi connectivity index (χ2v) is 4.93. The molecule has 0 amide bonds. The maximum Gasteiger partial charge on any atom is 0.160 e. The molecular formula is C14H12FN5. The highest BCUT2D eigenvalue weighted by atomic mass is 19.1. The first kappa shape index (κ1) is 11.3. The minimum absolute atomic E-state index is 0.0775. The van der Waals surface area contributed by atoms with Crippen LogP contribution in [0.25, 0.3) is 11.0 Å². The molecule has 0 fully saturated rings. The van der Waals surface area contributed by atoms with Gasteiger partial charge in [-0.25, -0.2) is 14.4 Å². The lowest BCUT2D eigenvalue weighted by Crippen LogP contribution is -2.09. The zero-order valence-corrected chi connectivity index (χ0v) is 10.6. The van der Waals surface area contributed by atoms with E-state index < -0.39 is 0 Å². The third kappa shape index (κ3) is 1.72.